The average molecular weight is 420 g/mol. The second-order valence-electron chi connectivity index (χ2n) is 7.73. The van der Waals surface area contributed by atoms with Gasteiger partial charge in [-0.15, -0.1) is 0 Å². The van der Waals surface area contributed by atoms with Crippen LogP contribution in [0.5, 0.6) is 5.75 Å². The van der Waals surface area contributed by atoms with Crippen molar-refractivity contribution in [1.29, 1.82) is 0 Å². The highest BCUT2D eigenvalue weighted by atomic mass is 16.5. The van der Waals surface area contributed by atoms with E-state index in [1.165, 1.54) is 5.56 Å². The van der Waals surface area contributed by atoms with E-state index >= 15 is 0 Å². The standard InChI is InChI=1S/C23H24N4O4/c1-31-18-10-7-14(8-11-18)13-2-4-15(5-3-13)16-6-9-17(12-16)25-22(29)20-19(24)21(28)27-23(30)26-20/h2-5,7-8,10-11,16-17H,6,9,12,24H2,1H3,(H,25,29)(H2,26,27,28,30)/t16-,17+/m1/s1. The number of nitrogens with two attached hydrogens (primary N) is 1. The van der Waals surface area contributed by atoms with E-state index in [4.69, 9.17) is 10.5 Å². The van der Waals surface area contributed by atoms with Gasteiger partial charge in [-0.25, -0.2) is 4.79 Å². The van der Waals surface area contributed by atoms with Gasteiger partial charge in [-0.05, 0) is 54.0 Å². The number of aromatic amines is 2. The molecule has 1 aliphatic rings. The van der Waals surface area contributed by atoms with Crippen LogP contribution in [-0.2, 0) is 0 Å². The van der Waals surface area contributed by atoms with Crippen LogP contribution in [0.4, 0.5) is 5.69 Å². The Morgan fingerprint density at radius 3 is 2.29 bits per heavy atom. The lowest BCUT2D eigenvalue weighted by molar-refractivity contribution is 0.0933. The highest BCUT2D eigenvalue weighted by Gasteiger charge is 2.28. The number of carbonyl (C=O) groups excluding carboxylic acids is 1. The van der Waals surface area contributed by atoms with Gasteiger partial charge in [0.15, 0.2) is 0 Å². The zero-order chi connectivity index (χ0) is 22.0. The first kappa shape index (κ1) is 20.5. The van der Waals surface area contributed by atoms with E-state index in [1.807, 2.05) is 29.2 Å². The smallest absolute Gasteiger partial charge is 0.326 e. The fourth-order valence-corrected chi connectivity index (χ4v) is 4.08. The molecule has 1 fully saturated rings. The van der Waals surface area contributed by atoms with Crippen molar-refractivity contribution >= 4 is 11.6 Å². The number of nitrogen functional groups attached to an aromatic ring is 1. The molecule has 1 heterocycles. The van der Waals surface area contributed by atoms with Crippen molar-refractivity contribution in [2.24, 2.45) is 0 Å². The number of anilines is 1. The van der Waals surface area contributed by atoms with E-state index in [2.05, 4.69) is 34.6 Å². The molecule has 1 amide bonds. The van der Waals surface area contributed by atoms with Gasteiger partial charge in [0, 0.05) is 6.04 Å². The monoisotopic (exact) mass is 420 g/mol. The number of methoxy groups -OCH3 is 1. The minimum Gasteiger partial charge on any atom is -0.497 e. The minimum atomic E-state index is -0.768. The van der Waals surface area contributed by atoms with Crippen molar-refractivity contribution in [2.75, 3.05) is 12.8 Å². The van der Waals surface area contributed by atoms with Gasteiger partial charge < -0.3 is 20.8 Å². The van der Waals surface area contributed by atoms with E-state index in [0.29, 0.717) is 5.92 Å². The topological polar surface area (TPSA) is 130 Å². The molecule has 1 aliphatic carbocycles. The summed E-state index contributed by atoms with van der Waals surface area (Å²) in [6.07, 6.45) is 2.53. The molecule has 4 rings (SSSR count). The molecule has 8 heteroatoms. The van der Waals surface area contributed by atoms with Crippen molar-refractivity contribution in [3.8, 4) is 16.9 Å². The first-order chi connectivity index (χ1) is 14.9. The number of hydrogen-bond donors (Lipinski definition) is 4. The molecule has 0 saturated heterocycles. The molecule has 2 atom stereocenters. The molecular weight excluding hydrogens is 396 g/mol. The summed E-state index contributed by atoms with van der Waals surface area (Å²) in [7, 11) is 1.65. The van der Waals surface area contributed by atoms with Crippen LogP contribution < -0.4 is 27.0 Å². The van der Waals surface area contributed by atoms with Gasteiger partial charge in [0.1, 0.15) is 17.1 Å². The Morgan fingerprint density at radius 1 is 1.00 bits per heavy atom. The number of ether oxygens (including phenoxy) is 1. The lowest BCUT2D eigenvalue weighted by Crippen LogP contribution is -2.37. The van der Waals surface area contributed by atoms with Crippen LogP contribution in [0.2, 0.25) is 0 Å². The molecule has 2 aromatic carbocycles. The number of hydrogen-bond acceptors (Lipinski definition) is 5. The van der Waals surface area contributed by atoms with E-state index < -0.39 is 17.2 Å². The summed E-state index contributed by atoms with van der Waals surface area (Å²) in [6.45, 7) is 0. The molecule has 3 aromatic rings. The number of benzene rings is 2. The summed E-state index contributed by atoms with van der Waals surface area (Å²) < 4.78 is 5.20. The SMILES string of the molecule is COc1ccc(-c2ccc([C@@H]3CC[C@H](NC(=O)c4[nH]c(=O)[nH]c(=O)c4N)C3)cc2)cc1. The zero-order valence-electron chi connectivity index (χ0n) is 17.1. The second kappa shape index (κ2) is 8.51. The Balaban J connectivity index is 1.41. The number of rotatable bonds is 5. The van der Waals surface area contributed by atoms with Crippen LogP contribution in [0.1, 0.15) is 41.2 Å². The number of amides is 1. The maximum Gasteiger partial charge on any atom is 0.326 e. The van der Waals surface area contributed by atoms with Crippen LogP contribution in [0.3, 0.4) is 0 Å². The first-order valence-corrected chi connectivity index (χ1v) is 10.1. The van der Waals surface area contributed by atoms with Gasteiger partial charge in [0.2, 0.25) is 0 Å². The van der Waals surface area contributed by atoms with Gasteiger partial charge >= 0.3 is 5.69 Å². The van der Waals surface area contributed by atoms with Gasteiger partial charge in [-0.3, -0.25) is 14.6 Å². The molecule has 0 bridgehead atoms. The Hall–Kier alpha value is -3.81. The lowest BCUT2D eigenvalue weighted by atomic mass is 9.95. The summed E-state index contributed by atoms with van der Waals surface area (Å²) in [4.78, 5) is 39.9. The predicted molar refractivity (Wildman–Crippen MR) is 118 cm³/mol. The Morgan fingerprint density at radius 2 is 1.65 bits per heavy atom. The quantitative estimate of drug-likeness (QED) is 0.503. The van der Waals surface area contributed by atoms with Crippen molar-refractivity contribution in [3.05, 3.63) is 80.6 Å². The zero-order valence-corrected chi connectivity index (χ0v) is 17.1. The Kier molecular flexibility index (Phi) is 5.62. The summed E-state index contributed by atoms with van der Waals surface area (Å²) in [5.74, 6) is 0.609. The molecule has 0 spiro atoms. The van der Waals surface area contributed by atoms with Gasteiger partial charge in [-0.2, -0.15) is 0 Å². The number of carbonyl (C=O) groups is 1. The fourth-order valence-electron chi connectivity index (χ4n) is 4.08. The van der Waals surface area contributed by atoms with Crippen LogP contribution >= 0.6 is 0 Å². The van der Waals surface area contributed by atoms with E-state index in [-0.39, 0.29) is 17.4 Å². The number of aromatic nitrogens is 2. The van der Waals surface area contributed by atoms with Crippen molar-refractivity contribution in [3.63, 3.8) is 0 Å². The maximum absolute atomic E-state index is 12.5. The molecule has 0 aliphatic heterocycles. The minimum absolute atomic E-state index is 0.0547. The highest BCUT2D eigenvalue weighted by molar-refractivity contribution is 5.97. The van der Waals surface area contributed by atoms with Crippen LogP contribution in [0.25, 0.3) is 11.1 Å². The fraction of sp³-hybridized carbons (Fsp3) is 0.261. The average Bonchev–Trinajstić information content (AvgIpc) is 3.24. The number of H-pyrrole nitrogens is 2. The Labute approximate surface area is 178 Å². The second-order valence-corrected chi connectivity index (χ2v) is 7.73. The van der Waals surface area contributed by atoms with Crippen LogP contribution in [0, 0.1) is 0 Å². The highest BCUT2D eigenvalue weighted by Crippen LogP contribution is 2.35. The maximum atomic E-state index is 12.5. The van der Waals surface area contributed by atoms with E-state index in [0.717, 1.165) is 36.1 Å². The molecule has 31 heavy (non-hydrogen) atoms. The lowest BCUT2D eigenvalue weighted by Gasteiger charge is -2.14. The summed E-state index contributed by atoms with van der Waals surface area (Å²) in [5.41, 5.74) is 7.10. The largest absolute Gasteiger partial charge is 0.497 e. The van der Waals surface area contributed by atoms with Crippen molar-refractivity contribution in [1.82, 2.24) is 15.3 Å². The molecule has 5 N–H and O–H groups in total. The number of nitrogens with one attached hydrogen (secondary N) is 3. The van der Waals surface area contributed by atoms with Gasteiger partial charge in [0.25, 0.3) is 11.5 Å². The summed E-state index contributed by atoms with van der Waals surface area (Å²) >= 11 is 0. The van der Waals surface area contributed by atoms with E-state index in [1.54, 1.807) is 7.11 Å². The summed E-state index contributed by atoms with van der Waals surface area (Å²) in [6, 6.07) is 16.3. The Bertz CT molecular complexity index is 1200. The molecular formula is C23H24N4O4. The molecule has 160 valence electrons. The third-order valence-corrected chi connectivity index (χ3v) is 5.78. The predicted octanol–water partition coefficient (Wildman–Crippen LogP) is 2.39. The third-order valence-electron chi connectivity index (χ3n) is 5.78. The molecule has 1 aromatic heterocycles. The van der Waals surface area contributed by atoms with E-state index in [9.17, 15) is 14.4 Å². The molecule has 1 saturated carbocycles. The summed E-state index contributed by atoms with van der Waals surface area (Å²) in [5, 5.41) is 2.88. The first-order valence-electron chi connectivity index (χ1n) is 10.1. The van der Waals surface area contributed by atoms with Gasteiger partial charge in [0.05, 0.1) is 7.11 Å². The van der Waals surface area contributed by atoms with Crippen LogP contribution in [0.15, 0.2) is 58.1 Å². The third kappa shape index (κ3) is 4.37. The molecule has 0 radical (unpaired) electrons. The van der Waals surface area contributed by atoms with Crippen LogP contribution in [-0.4, -0.2) is 29.0 Å². The van der Waals surface area contributed by atoms with Crippen molar-refractivity contribution in [2.45, 2.75) is 31.2 Å². The normalized spacial score (nSPS) is 18.0. The van der Waals surface area contributed by atoms with Crippen molar-refractivity contribution < 1.29 is 9.53 Å². The van der Waals surface area contributed by atoms with Gasteiger partial charge in [-0.1, -0.05) is 36.4 Å². The molecule has 8 nitrogen and oxygen atoms in total. The molecule has 0 unspecified atom stereocenters.